The average molecular weight is 267 g/mol. The Kier molecular flexibility index (Phi) is 4.48. The molecule has 104 valence electrons. The number of rotatable bonds is 7. The van der Waals surface area contributed by atoms with Gasteiger partial charge in [-0.15, -0.1) is 0 Å². The number of halogens is 1. The van der Waals surface area contributed by atoms with Crippen LogP contribution in [0.25, 0.3) is 0 Å². The van der Waals surface area contributed by atoms with Gasteiger partial charge in [-0.3, -0.25) is 4.79 Å². The maximum atomic E-state index is 13.4. The van der Waals surface area contributed by atoms with Crippen LogP contribution in [0.15, 0.2) is 6.20 Å². The summed E-state index contributed by atoms with van der Waals surface area (Å²) >= 11 is 0. The van der Waals surface area contributed by atoms with Crippen molar-refractivity contribution in [2.75, 3.05) is 24.2 Å². The summed E-state index contributed by atoms with van der Waals surface area (Å²) in [5.74, 6) is 0.0714. The molecule has 1 saturated carbocycles. The molecule has 1 aromatic rings. The largest absolute Gasteiger partial charge is 0.367 e. The van der Waals surface area contributed by atoms with Crippen LogP contribution in [-0.4, -0.2) is 35.5 Å². The highest BCUT2D eigenvalue weighted by atomic mass is 19.1. The number of carbonyl (C=O) groups is 1. The summed E-state index contributed by atoms with van der Waals surface area (Å²) in [5.41, 5.74) is 0. The van der Waals surface area contributed by atoms with Crippen LogP contribution >= 0.6 is 0 Å². The van der Waals surface area contributed by atoms with Crippen LogP contribution in [0, 0.1) is 5.82 Å². The summed E-state index contributed by atoms with van der Waals surface area (Å²) in [6.45, 7) is 0.495. The average Bonchev–Trinajstić information content (AvgIpc) is 3.20. The predicted octanol–water partition coefficient (Wildman–Crippen LogP) is 1.13. The van der Waals surface area contributed by atoms with E-state index >= 15 is 0 Å². The van der Waals surface area contributed by atoms with E-state index in [9.17, 15) is 9.18 Å². The molecule has 7 heteroatoms. The highest BCUT2D eigenvalue weighted by Gasteiger charge is 2.22. The van der Waals surface area contributed by atoms with E-state index in [1.165, 1.54) is 0 Å². The summed E-state index contributed by atoms with van der Waals surface area (Å²) in [4.78, 5) is 19.1. The molecule has 0 spiro atoms. The lowest BCUT2D eigenvalue weighted by atomic mass is 10.3. The van der Waals surface area contributed by atoms with Gasteiger partial charge < -0.3 is 16.0 Å². The second-order valence-electron chi connectivity index (χ2n) is 4.51. The van der Waals surface area contributed by atoms with Crippen molar-refractivity contribution in [1.29, 1.82) is 0 Å². The summed E-state index contributed by atoms with van der Waals surface area (Å²) in [6.07, 6.45) is 4.36. The number of aromatic nitrogens is 2. The van der Waals surface area contributed by atoms with Crippen molar-refractivity contribution in [2.24, 2.45) is 0 Å². The monoisotopic (exact) mass is 267 g/mol. The second-order valence-corrected chi connectivity index (χ2v) is 4.51. The Morgan fingerprint density at radius 1 is 1.53 bits per heavy atom. The van der Waals surface area contributed by atoms with Gasteiger partial charge in [0.1, 0.15) is 0 Å². The van der Waals surface area contributed by atoms with E-state index in [2.05, 4.69) is 25.9 Å². The van der Waals surface area contributed by atoms with Crippen molar-refractivity contribution in [1.82, 2.24) is 15.3 Å². The lowest BCUT2D eigenvalue weighted by molar-refractivity contribution is -0.121. The standard InChI is InChI=1S/C12H18FN5O/c1-14-12-16-7-9(13)11(18-12)15-6-2-3-10(19)17-8-4-5-8/h7-8H,2-6H2,1H3,(H,17,19)(H2,14,15,16,18). The fraction of sp³-hybridized carbons (Fsp3) is 0.583. The number of hydrogen-bond donors (Lipinski definition) is 3. The number of anilines is 2. The van der Waals surface area contributed by atoms with E-state index in [-0.39, 0.29) is 11.7 Å². The maximum Gasteiger partial charge on any atom is 0.224 e. The lowest BCUT2D eigenvalue weighted by Crippen LogP contribution is -2.25. The first kappa shape index (κ1) is 13.5. The van der Waals surface area contributed by atoms with E-state index in [4.69, 9.17) is 0 Å². The molecule has 0 bridgehead atoms. The van der Waals surface area contributed by atoms with Crippen molar-refractivity contribution in [3.05, 3.63) is 12.0 Å². The molecule has 3 N–H and O–H groups in total. The predicted molar refractivity (Wildman–Crippen MR) is 70.4 cm³/mol. The third-order valence-electron chi connectivity index (χ3n) is 2.78. The summed E-state index contributed by atoms with van der Waals surface area (Å²) < 4.78 is 13.4. The van der Waals surface area contributed by atoms with Gasteiger partial charge in [-0.05, 0) is 19.3 Å². The molecule has 0 atom stereocenters. The van der Waals surface area contributed by atoms with Crippen LogP contribution in [0.3, 0.4) is 0 Å². The highest BCUT2D eigenvalue weighted by molar-refractivity contribution is 5.76. The van der Waals surface area contributed by atoms with Crippen LogP contribution in [0.1, 0.15) is 25.7 Å². The number of amides is 1. The Hall–Kier alpha value is -1.92. The van der Waals surface area contributed by atoms with Crippen molar-refractivity contribution >= 4 is 17.7 Å². The van der Waals surface area contributed by atoms with Crippen LogP contribution in [0.2, 0.25) is 0 Å². The Balaban J connectivity index is 1.70. The second kappa shape index (κ2) is 6.31. The van der Waals surface area contributed by atoms with Gasteiger partial charge in [0.05, 0.1) is 6.20 Å². The molecule has 0 aromatic carbocycles. The summed E-state index contributed by atoms with van der Waals surface area (Å²) in [6, 6.07) is 0.387. The zero-order valence-corrected chi connectivity index (χ0v) is 10.9. The van der Waals surface area contributed by atoms with E-state index in [1.54, 1.807) is 7.05 Å². The molecule has 1 heterocycles. The zero-order valence-electron chi connectivity index (χ0n) is 10.9. The third-order valence-corrected chi connectivity index (χ3v) is 2.78. The molecule has 0 unspecified atom stereocenters. The van der Waals surface area contributed by atoms with Crippen molar-refractivity contribution in [2.45, 2.75) is 31.7 Å². The van der Waals surface area contributed by atoms with Crippen LogP contribution in [0.5, 0.6) is 0 Å². The molecule has 2 rings (SSSR count). The molecule has 6 nitrogen and oxygen atoms in total. The first-order valence-corrected chi connectivity index (χ1v) is 6.42. The molecular weight excluding hydrogens is 249 g/mol. The van der Waals surface area contributed by atoms with Crippen molar-refractivity contribution < 1.29 is 9.18 Å². The molecule has 1 aliphatic rings. The van der Waals surface area contributed by atoms with E-state index in [1.807, 2.05) is 0 Å². The SMILES string of the molecule is CNc1ncc(F)c(NCCCC(=O)NC2CC2)n1. The molecule has 0 aliphatic heterocycles. The normalized spacial score (nSPS) is 14.0. The minimum Gasteiger partial charge on any atom is -0.367 e. The van der Waals surface area contributed by atoms with Gasteiger partial charge in [0.2, 0.25) is 11.9 Å². The molecule has 1 fully saturated rings. The zero-order chi connectivity index (χ0) is 13.7. The van der Waals surface area contributed by atoms with E-state index < -0.39 is 5.82 Å². The van der Waals surface area contributed by atoms with E-state index in [0.717, 1.165) is 19.0 Å². The Morgan fingerprint density at radius 2 is 2.32 bits per heavy atom. The number of nitrogens with one attached hydrogen (secondary N) is 3. The van der Waals surface area contributed by atoms with E-state index in [0.29, 0.717) is 31.4 Å². The van der Waals surface area contributed by atoms with Crippen LogP contribution < -0.4 is 16.0 Å². The fourth-order valence-corrected chi connectivity index (χ4v) is 1.59. The van der Waals surface area contributed by atoms with Gasteiger partial charge in [0.15, 0.2) is 11.6 Å². The van der Waals surface area contributed by atoms with Gasteiger partial charge in [-0.25, -0.2) is 9.37 Å². The van der Waals surface area contributed by atoms with Crippen LogP contribution in [-0.2, 0) is 4.79 Å². The Morgan fingerprint density at radius 3 is 3.00 bits per heavy atom. The quantitative estimate of drug-likeness (QED) is 0.645. The van der Waals surface area contributed by atoms with Gasteiger partial charge >= 0.3 is 0 Å². The lowest BCUT2D eigenvalue weighted by Gasteiger charge is -2.08. The Bertz CT molecular complexity index is 450. The minimum absolute atomic E-state index is 0.0587. The summed E-state index contributed by atoms with van der Waals surface area (Å²) in [5, 5.41) is 8.51. The van der Waals surface area contributed by atoms with Gasteiger partial charge in [-0.1, -0.05) is 0 Å². The topological polar surface area (TPSA) is 78.9 Å². The van der Waals surface area contributed by atoms with Gasteiger partial charge in [-0.2, -0.15) is 4.98 Å². The Labute approximate surface area is 111 Å². The fourth-order valence-electron chi connectivity index (χ4n) is 1.59. The molecule has 1 aliphatic carbocycles. The van der Waals surface area contributed by atoms with Crippen LogP contribution in [0.4, 0.5) is 16.2 Å². The maximum absolute atomic E-state index is 13.4. The third kappa shape index (κ3) is 4.35. The molecule has 19 heavy (non-hydrogen) atoms. The first-order chi connectivity index (χ1) is 9.19. The first-order valence-electron chi connectivity index (χ1n) is 6.42. The molecule has 0 saturated heterocycles. The molecular formula is C12H18FN5O. The number of carbonyl (C=O) groups excluding carboxylic acids is 1. The minimum atomic E-state index is -0.499. The molecule has 1 aromatic heterocycles. The van der Waals surface area contributed by atoms with Crippen molar-refractivity contribution in [3.63, 3.8) is 0 Å². The van der Waals surface area contributed by atoms with Gasteiger partial charge in [0, 0.05) is 26.1 Å². The molecule has 0 radical (unpaired) electrons. The van der Waals surface area contributed by atoms with Crippen molar-refractivity contribution in [3.8, 4) is 0 Å². The number of nitrogens with zero attached hydrogens (tertiary/aromatic N) is 2. The smallest absolute Gasteiger partial charge is 0.224 e. The highest BCUT2D eigenvalue weighted by Crippen LogP contribution is 2.18. The molecule has 1 amide bonds. The summed E-state index contributed by atoms with van der Waals surface area (Å²) in [7, 11) is 1.67. The van der Waals surface area contributed by atoms with Gasteiger partial charge in [0.25, 0.3) is 0 Å². The number of hydrogen-bond acceptors (Lipinski definition) is 5.